The molecule has 0 amide bonds. The molecule has 0 aromatic rings. The van der Waals surface area contributed by atoms with Crippen LogP contribution < -0.4 is 0 Å². The van der Waals surface area contributed by atoms with Gasteiger partial charge >= 0.3 is 23.9 Å². The number of hydrogen-bond donors (Lipinski definition) is 0. The Morgan fingerprint density at radius 3 is 1.43 bits per heavy atom. The predicted octanol–water partition coefficient (Wildman–Crippen LogP) is 5.57. The van der Waals surface area contributed by atoms with Gasteiger partial charge in [0.2, 0.25) is 0 Å². The number of esters is 4. The SMILES string of the molecule is CCCCCCCCCCCCCCCCO[C@@H]1O[C@H](COC(C)=O)[C@H](OC(C)=O)[C@H](OC(C)=O)[C@H]1OC(C)=O. The fourth-order valence-electron chi connectivity index (χ4n) is 4.82. The first-order valence-electron chi connectivity index (χ1n) is 15.1. The van der Waals surface area contributed by atoms with Crippen molar-refractivity contribution in [3.63, 3.8) is 0 Å². The highest BCUT2D eigenvalue weighted by atomic mass is 16.7. The summed E-state index contributed by atoms with van der Waals surface area (Å²) >= 11 is 0. The van der Waals surface area contributed by atoms with Crippen molar-refractivity contribution in [2.45, 2.75) is 155 Å². The van der Waals surface area contributed by atoms with Crippen molar-refractivity contribution in [3.8, 4) is 0 Å². The van der Waals surface area contributed by atoms with E-state index in [4.69, 9.17) is 28.4 Å². The van der Waals surface area contributed by atoms with Gasteiger partial charge in [0.05, 0.1) is 0 Å². The summed E-state index contributed by atoms with van der Waals surface area (Å²) in [5, 5.41) is 0. The summed E-state index contributed by atoms with van der Waals surface area (Å²) in [6.45, 7) is 7.13. The molecule has 0 spiro atoms. The maximum absolute atomic E-state index is 11.9. The molecule has 0 unspecified atom stereocenters. The molecule has 1 heterocycles. The molecule has 5 atom stereocenters. The van der Waals surface area contributed by atoms with Crippen molar-refractivity contribution in [2.75, 3.05) is 13.2 Å². The van der Waals surface area contributed by atoms with E-state index in [0.29, 0.717) is 6.61 Å². The average Bonchev–Trinajstić information content (AvgIpc) is 2.87. The third-order valence-corrected chi connectivity index (χ3v) is 6.73. The average molecular weight is 573 g/mol. The zero-order valence-corrected chi connectivity index (χ0v) is 25.3. The van der Waals surface area contributed by atoms with Crippen LogP contribution in [0, 0.1) is 0 Å². The molecule has 0 saturated carbocycles. The van der Waals surface area contributed by atoms with Gasteiger partial charge in [-0.15, -0.1) is 0 Å². The summed E-state index contributed by atoms with van der Waals surface area (Å²) in [7, 11) is 0. The molecule has 0 radical (unpaired) electrons. The maximum Gasteiger partial charge on any atom is 0.303 e. The normalized spacial score (nSPS) is 22.4. The Balaban J connectivity index is 2.55. The second-order valence-corrected chi connectivity index (χ2v) is 10.5. The first-order valence-corrected chi connectivity index (χ1v) is 15.1. The van der Waals surface area contributed by atoms with Crippen LogP contribution in [0.5, 0.6) is 0 Å². The Labute approximate surface area is 240 Å². The fourth-order valence-corrected chi connectivity index (χ4v) is 4.82. The van der Waals surface area contributed by atoms with Crippen LogP contribution in [0.3, 0.4) is 0 Å². The van der Waals surface area contributed by atoms with E-state index in [0.717, 1.165) is 19.3 Å². The van der Waals surface area contributed by atoms with Gasteiger partial charge in [0.25, 0.3) is 0 Å². The highest BCUT2D eigenvalue weighted by Crippen LogP contribution is 2.30. The van der Waals surface area contributed by atoms with Crippen LogP contribution in [0.4, 0.5) is 0 Å². The molecule has 1 saturated heterocycles. The van der Waals surface area contributed by atoms with E-state index in [1.807, 2.05) is 0 Å². The van der Waals surface area contributed by atoms with Crippen molar-refractivity contribution >= 4 is 23.9 Å². The van der Waals surface area contributed by atoms with E-state index in [-0.39, 0.29) is 6.61 Å². The van der Waals surface area contributed by atoms with Crippen LogP contribution in [-0.2, 0) is 47.6 Å². The third kappa shape index (κ3) is 16.2. The third-order valence-electron chi connectivity index (χ3n) is 6.73. The lowest BCUT2D eigenvalue weighted by atomic mass is 9.98. The first kappa shape index (κ1) is 35.8. The Hall–Kier alpha value is -2.20. The summed E-state index contributed by atoms with van der Waals surface area (Å²) < 4.78 is 33.2. The lowest BCUT2D eigenvalue weighted by Crippen LogP contribution is -2.63. The minimum atomic E-state index is -1.21. The molecule has 1 fully saturated rings. The molecule has 0 aromatic carbocycles. The van der Waals surface area contributed by atoms with Crippen LogP contribution in [0.1, 0.15) is 125 Å². The van der Waals surface area contributed by atoms with Crippen molar-refractivity contribution in [1.82, 2.24) is 0 Å². The number of unbranched alkanes of at least 4 members (excludes halogenated alkanes) is 13. The lowest BCUT2D eigenvalue weighted by Gasteiger charge is -2.44. The lowest BCUT2D eigenvalue weighted by molar-refractivity contribution is -0.308. The molecule has 0 bridgehead atoms. The van der Waals surface area contributed by atoms with Crippen molar-refractivity contribution < 1.29 is 47.6 Å². The fraction of sp³-hybridized carbons (Fsp3) is 0.867. The van der Waals surface area contributed by atoms with Crippen molar-refractivity contribution in [2.24, 2.45) is 0 Å². The molecule has 1 aliphatic rings. The summed E-state index contributed by atoms with van der Waals surface area (Å²) in [6.07, 6.45) is 11.6. The summed E-state index contributed by atoms with van der Waals surface area (Å²) in [5.41, 5.74) is 0. The van der Waals surface area contributed by atoms with Gasteiger partial charge < -0.3 is 28.4 Å². The smallest absolute Gasteiger partial charge is 0.303 e. The Morgan fingerprint density at radius 2 is 0.975 bits per heavy atom. The summed E-state index contributed by atoms with van der Waals surface area (Å²) in [6, 6.07) is 0. The monoisotopic (exact) mass is 572 g/mol. The van der Waals surface area contributed by atoms with E-state index >= 15 is 0 Å². The second kappa shape index (κ2) is 21.5. The van der Waals surface area contributed by atoms with E-state index in [9.17, 15) is 19.2 Å². The first-order chi connectivity index (χ1) is 19.1. The molecular weight excluding hydrogens is 520 g/mol. The molecular formula is C30H52O10. The van der Waals surface area contributed by atoms with E-state index in [1.54, 1.807) is 0 Å². The van der Waals surface area contributed by atoms with Gasteiger partial charge in [0, 0.05) is 34.3 Å². The van der Waals surface area contributed by atoms with Crippen LogP contribution in [0.15, 0.2) is 0 Å². The number of hydrogen-bond acceptors (Lipinski definition) is 10. The Bertz CT molecular complexity index is 740. The molecule has 232 valence electrons. The zero-order valence-electron chi connectivity index (χ0n) is 25.3. The van der Waals surface area contributed by atoms with Gasteiger partial charge in [-0.2, -0.15) is 0 Å². The number of rotatable bonds is 21. The standard InChI is InChI=1S/C30H52O10/c1-6-7-8-9-10-11-12-13-14-15-16-17-18-19-20-35-30-29(39-25(5)34)28(38-24(4)33)27(37-23(3)32)26(40-30)21-36-22(2)31/h26-30H,6-21H2,1-5H3/t26-,27+,28+,29-,30-/m1/s1. The zero-order chi connectivity index (χ0) is 29.8. The molecule has 1 rings (SSSR count). The molecule has 0 aromatic heterocycles. The minimum Gasteiger partial charge on any atom is -0.463 e. The quantitative estimate of drug-likeness (QED) is 0.0980. The van der Waals surface area contributed by atoms with Crippen LogP contribution in [0.2, 0.25) is 0 Å². The highest BCUT2D eigenvalue weighted by Gasteiger charge is 2.52. The van der Waals surface area contributed by atoms with Crippen LogP contribution >= 0.6 is 0 Å². The van der Waals surface area contributed by atoms with E-state index in [2.05, 4.69) is 6.92 Å². The molecule has 10 nitrogen and oxygen atoms in total. The van der Waals surface area contributed by atoms with E-state index < -0.39 is 54.6 Å². The van der Waals surface area contributed by atoms with Gasteiger partial charge in [0.15, 0.2) is 24.6 Å². The highest BCUT2D eigenvalue weighted by molar-refractivity contribution is 5.68. The van der Waals surface area contributed by atoms with Gasteiger partial charge in [-0.05, 0) is 6.42 Å². The summed E-state index contributed by atoms with van der Waals surface area (Å²) in [5.74, 6) is -2.54. The largest absolute Gasteiger partial charge is 0.463 e. The van der Waals surface area contributed by atoms with Gasteiger partial charge in [-0.1, -0.05) is 90.4 Å². The molecule has 0 aliphatic carbocycles. The molecule has 40 heavy (non-hydrogen) atoms. The van der Waals surface area contributed by atoms with Crippen LogP contribution in [-0.4, -0.2) is 67.8 Å². The molecule has 0 N–H and O–H groups in total. The predicted molar refractivity (Wildman–Crippen MR) is 148 cm³/mol. The number of ether oxygens (including phenoxy) is 6. The number of carbonyl (C=O) groups excluding carboxylic acids is 4. The minimum absolute atomic E-state index is 0.267. The summed E-state index contributed by atoms with van der Waals surface area (Å²) in [4.78, 5) is 47.0. The topological polar surface area (TPSA) is 124 Å². The van der Waals surface area contributed by atoms with Crippen LogP contribution in [0.25, 0.3) is 0 Å². The van der Waals surface area contributed by atoms with Gasteiger partial charge in [-0.25, -0.2) is 0 Å². The molecule has 1 aliphatic heterocycles. The van der Waals surface area contributed by atoms with Gasteiger partial charge in [0.1, 0.15) is 12.7 Å². The second-order valence-electron chi connectivity index (χ2n) is 10.5. The van der Waals surface area contributed by atoms with Gasteiger partial charge in [-0.3, -0.25) is 19.2 Å². The van der Waals surface area contributed by atoms with E-state index in [1.165, 1.54) is 98.3 Å². The number of carbonyl (C=O) groups is 4. The Kier molecular flexibility index (Phi) is 19.3. The van der Waals surface area contributed by atoms with Crippen molar-refractivity contribution in [1.29, 1.82) is 0 Å². The van der Waals surface area contributed by atoms with Crippen molar-refractivity contribution in [3.05, 3.63) is 0 Å². The molecule has 10 heteroatoms. The Morgan fingerprint density at radius 1 is 0.550 bits per heavy atom. The maximum atomic E-state index is 11.9.